The van der Waals surface area contributed by atoms with Crippen molar-refractivity contribution in [1.82, 2.24) is 4.90 Å². The molecule has 1 N–H and O–H groups in total. The molecule has 2 unspecified atom stereocenters. The summed E-state index contributed by atoms with van der Waals surface area (Å²) in [6, 6.07) is 0. The van der Waals surface area contributed by atoms with Crippen molar-refractivity contribution in [2.75, 3.05) is 33.5 Å². The molecule has 1 aliphatic rings. The number of carbonyl (C=O) groups excluding carboxylic acids is 2. The molecule has 2 atom stereocenters. The normalized spacial score (nSPS) is 16.5. The van der Waals surface area contributed by atoms with Gasteiger partial charge in [-0.2, -0.15) is 0 Å². The SMILES string of the molecule is CCCCC/C=C\C/C=C\CCCCCCC(CC(COC(=O)CCC(OCCCCCCCC)OCCCCCCCC)COC(=O)OC1CC(C)(C)N(C)C(C)(C)C1)C(=O)O. The van der Waals surface area contributed by atoms with E-state index in [-0.39, 0.29) is 43.2 Å². The van der Waals surface area contributed by atoms with Crippen LogP contribution in [0.3, 0.4) is 0 Å². The molecule has 0 amide bonds. The number of nitrogens with zero attached hydrogens (tertiary/aromatic N) is 1. The lowest BCUT2D eigenvalue weighted by atomic mass is 9.79. The first-order valence-electron chi connectivity index (χ1n) is 25.7. The minimum Gasteiger partial charge on any atom is -0.481 e. The summed E-state index contributed by atoms with van der Waals surface area (Å²) in [7, 11) is 2.10. The van der Waals surface area contributed by atoms with E-state index in [0.717, 1.165) is 70.6 Å². The zero-order chi connectivity index (χ0) is 46.6. The summed E-state index contributed by atoms with van der Waals surface area (Å²) in [5.74, 6) is -2.44. The minimum atomic E-state index is -0.886. The van der Waals surface area contributed by atoms with Crippen molar-refractivity contribution >= 4 is 18.1 Å². The van der Waals surface area contributed by atoms with Gasteiger partial charge in [-0.25, -0.2) is 4.79 Å². The summed E-state index contributed by atoms with van der Waals surface area (Å²) in [4.78, 5) is 41.1. The smallest absolute Gasteiger partial charge is 0.481 e. The van der Waals surface area contributed by atoms with Gasteiger partial charge in [-0.15, -0.1) is 0 Å². The van der Waals surface area contributed by atoms with Crippen LogP contribution in [0.5, 0.6) is 0 Å². The summed E-state index contributed by atoms with van der Waals surface area (Å²) in [5.41, 5.74) is -0.339. The van der Waals surface area contributed by atoms with E-state index < -0.39 is 36.2 Å². The molecule has 1 rings (SSSR count). The number of unbranched alkanes of at least 4 members (excludes halogenated alkanes) is 17. The average Bonchev–Trinajstić information content (AvgIpc) is 3.23. The van der Waals surface area contributed by atoms with E-state index in [1.165, 1.54) is 70.6 Å². The summed E-state index contributed by atoms with van der Waals surface area (Å²) in [6.07, 6.45) is 34.8. The van der Waals surface area contributed by atoms with Gasteiger partial charge in [0.25, 0.3) is 0 Å². The first-order valence-corrected chi connectivity index (χ1v) is 25.7. The molecule has 10 nitrogen and oxygen atoms in total. The third-order valence-corrected chi connectivity index (χ3v) is 12.9. The minimum absolute atomic E-state index is 0.0493. The number of hydrogen-bond acceptors (Lipinski definition) is 9. The molecule has 0 aromatic heterocycles. The van der Waals surface area contributed by atoms with E-state index in [4.69, 9.17) is 23.7 Å². The van der Waals surface area contributed by atoms with Crippen LogP contribution in [-0.2, 0) is 33.3 Å². The highest BCUT2D eigenvalue weighted by Gasteiger charge is 2.44. The molecule has 1 fully saturated rings. The number of likely N-dealkylation sites (tertiary alicyclic amines) is 1. The monoisotopic (exact) mass is 892 g/mol. The topological polar surface area (TPSA) is 121 Å². The van der Waals surface area contributed by atoms with Gasteiger partial charge in [0.1, 0.15) is 12.7 Å². The van der Waals surface area contributed by atoms with E-state index in [1.807, 2.05) is 0 Å². The Bertz CT molecular complexity index is 1180. The number of carboxylic acids is 1. The lowest BCUT2D eigenvalue weighted by Crippen LogP contribution is -2.60. The summed E-state index contributed by atoms with van der Waals surface area (Å²) in [5, 5.41) is 10.3. The molecule has 0 aliphatic carbocycles. The van der Waals surface area contributed by atoms with Gasteiger partial charge in [0.15, 0.2) is 6.29 Å². The van der Waals surface area contributed by atoms with Crippen LogP contribution in [0.25, 0.3) is 0 Å². The Hall–Kier alpha value is -2.43. The summed E-state index contributed by atoms with van der Waals surface area (Å²) < 4.78 is 29.6. The molecular formula is C53H97NO9. The molecule has 0 aromatic carbocycles. The molecule has 368 valence electrons. The Morgan fingerprint density at radius 2 is 1.11 bits per heavy atom. The number of hydrogen-bond donors (Lipinski definition) is 1. The lowest BCUT2D eigenvalue weighted by Gasteiger charge is -2.53. The van der Waals surface area contributed by atoms with E-state index in [1.54, 1.807) is 0 Å². The lowest BCUT2D eigenvalue weighted by molar-refractivity contribution is -0.160. The summed E-state index contributed by atoms with van der Waals surface area (Å²) in [6.45, 7) is 16.3. The average molecular weight is 892 g/mol. The predicted molar refractivity (Wildman–Crippen MR) is 258 cm³/mol. The van der Waals surface area contributed by atoms with Gasteiger partial charge < -0.3 is 28.8 Å². The maximum absolute atomic E-state index is 13.2. The zero-order valence-corrected chi connectivity index (χ0v) is 41.9. The van der Waals surface area contributed by atoms with Crippen LogP contribution in [0.2, 0.25) is 0 Å². The second-order valence-electron chi connectivity index (χ2n) is 19.6. The maximum atomic E-state index is 13.2. The quantitative estimate of drug-likeness (QED) is 0.0275. The molecule has 0 saturated carbocycles. The number of ether oxygens (including phenoxy) is 5. The second-order valence-corrected chi connectivity index (χ2v) is 19.6. The zero-order valence-electron chi connectivity index (χ0n) is 41.9. The van der Waals surface area contributed by atoms with Crippen molar-refractivity contribution < 1.29 is 43.2 Å². The number of allylic oxidation sites excluding steroid dienone is 4. The van der Waals surface area contributed by atoms with Gasteiger partial charge in [0.2, 0.25) is 0 Å². The standard InChI is InChI=1S/C53H97NO9/c1-9-12-15-18-21-22-23-24-25-26-27-28-29-32-35-46(50(56)57)40-45(44-62-51(58)63-47-41-52(4,5)54(8)53(6,7)42-47)43-61-48(55)36-37-49(59-38-33-30-19-16-13-10-2)60-39-34-31-20-17-14-11-3/h21-22,24-25,45-47,49H,9-20,23,26-44H2,1-8H3,(H,56,57)/b22-21-,25-24-. The van der Waals surface area contributed by atoms with Crippen LogP contribution in [-0.4, -0.2) is 85.0 Å². The highest BCUT2D eigenvalue weighted by molar-refractivity contribution is 5.70. The Labute approximate surface area is 386 Å². The highest BCUT2D eigenvalue weighted by atomic mass is 16.7. The second kappa shape index (κ2) is 36.7. The Balaban J connectivity index is 2.81. The fraction of sp³-hybridized carbons (Fsp3) is 0.868. The Kier molecular flexibility index (Phi) is 34.2. The number of piperidine rings is 1. The fourth-order valence-corrected chi connectivity index (χ4v) is 8.60. The first kappa shape index (κ1) is 58.6. The van der Waals surface area contributed by atoms with Crippen molar-refractivity contribution in [3.63, 3.8) is 0 Å². The van der Waals surface area contributed by atoms with Crippen LogP contribution in [0.1, 0.15) is 228 Å². The Morgan fingerprint density at radius 1 is 0.635 bits per heavy atom. The number of rotatable bonds is 40. The van der Waals surface area contributed by atoms with Gasteiger partial charge in [0, 0.05) is 49.5 Å². The van der Waals surface area contributed by atoms with Gasteiger partial charge in [-0.3, -0.25) is 14.5 Å². The van der Waals surface area contributed by atoms with Gasteiger partial charge >= 0.3 is 18.1 Å². The third-order valence-electron chi connectivity index (χ3n) is 12.9. The van der Waals surface area contributed by atoms with Crippen molar-refractivity contribution in [2.24, 2.45) is 11.8 Å². The van der Waals surface area contributed by atoms with Crippen LogP contribution in [0.15, 0.2) is 24.3 Å². The van der Waals surface area contributed by atoms with Crippen molar-refractivity contribution in [3.05, 3.63) is 24.3 Å². The summed E-state index contributed by atoms with van der Waals surface area (Å²) >= 11 is 0. The number of esters is 1. The van der Waals surface area contributed by atoms with Crippen LogP contribution in [0.4, 0.5) is 4.79 Å². The third kappa shape index (κ3) is 30.4. The molecule has 0 radical (unpaired) electrons. The fourth-order valence-electron chi connectivity index (χ4n) is 8.60. The maximum Gasteiger partial charge on any atom is 0.508 e. The van der Waals surface area contributed by atoms with E-state index in [0.29, 0.717) is 38.9 Å². The van der Waals surface area contributed by atoms with E-state index in [9.17, 15) is 19.5 Å². The molecule has 63 heavy (non-hydrogen) atoms. The molecule has 0 bridgehead atoms. The van der Waals surface area contributed by atoms with Crippen LogP contribution in [0, 0.1) is 11.8 Å². The predicted octanol–water partition coefficient (Wildman–Crippen LogP) is 14.3. The number of aliphatic carboxylic acids is 1. The number of carbonyl (C=O) groups is 3. The van der Waals surface area contributed by atoms with E-state index >= 15 is 0 Å². The van der Waals surface area contributed by atoms with Crippen molar-refractivity contribution in [3.8, 4) is 0 Å². The van der Waals surface area contributed by atoms with Crippen LogP contribution < -0.4 is 0 Å². The van der Waals surface area contributed by atoms with Crippen LogP contribution >= 0.6 is 0 Å². The van der Waals surface area contributed by atoms with Gasteiger partial charge in [-0.1, -0.05) is 141 Å². The molecule has 1 heterocycles. The van der Waals surface area contributed by atoms with E-state index in [2.05, 4.69) is 84.7 Å². The Morgan fingerprint density at radius 3 is 1.67 bits per heavy atom. The molecule has 0 aromatic rings. The van der Waals surface area contributed by atoms with Crippen molar-refractivity contribution in [1.29, 1.82) is 0 Å². The molecule has 0 spiro atoms. The van der Waals surface area contributed by atoms with Crippen molar-refractivity contribution in [2.45, 2.75) is 252 Å². The van der Waals surface area contributed by atoms with Gasteiger partial charge in [-0.05, 0) is 92.5 Å². The molecule has 10 heteroatoms. The van der Waals surface area contributed by atoms with Gasteiger partial charge in [0.05, 0.1) is 18.9 Å². The molecule has 1 aliphatic heterocycles. The highest BCUT2D eigenvalue weighted by Crippen LogP contribution is 2.38. The first-order chi connectivity index (χ1) is 30.2. The molecular weight excluding hydrogens is 795 g/mol. The largest absolute Gasteiger partial charge is 0.508 e. The number of carboxylic acid groups (broad SMARTS) is 1. The molecule has 1 saturated heterocycles.